The summed E-state index contributed by atoms with van der Waals surface area (Å²) in [6.07, 6.45) is -44.5. The second-order valence-electron chi connectivity index (χ2n) is 31.0. The van der Waals surface area contributed by atoms with Crippen molar-refractivity contribution in [2.75, 3.05) is 19.8 Å². The number of aliphatic hydroxyl groups is 15. The van der Waals surface area contributed by atoms with Gasteiger partial charge in [-0.05, 0) is 112 Å². The summed E-state index contributed by atoms with van der Waals surface area (Å²) >= 11 is 0. The van der Waals surface area contributed by atoms with Crippen LogP contribution in [0.1, 0.15) is 127 Å². The maximum absolute atomic E-state index is 13.6. The topological polar surface area (TPSA) is 469 Å². The van der Waals surface area contributed by atoms with Gasteiger partial charge in [-0.1, -0.05) is 54.5 Å². The summed E-state index contributed by atoms with van der Waals surface area (Å²) in [5, 5.41) is 180. The molecule has 6 heterocycles. The zero-order valence-corrected chi connectivity index (χ0v) is 54.8. The fourth-order valence-corrected chi connectivity index (χ4v) is 19.9. The standard InChI is InChI=1S/C64H102O30/c1-11-24(2)51(81)87-34-20-58(4,5)18-31-63-17-13-30-60(8)15-14-33(59(6,7)29(60)12-16-61(30,9)62(63,10)19-32(68)64(31,34)57(82)94-63)88-56-49(93-53-43(77)39(73)37(71)27(21-65)85-53)45(44(78)46(90-56)50(79)80)89-55-48(41(75)38(72)28(22-66)86-55)92-54-47(40(74)35(69)25(3)84-54)91-52-42(76)36(70)26(67)23-83-52/h11,25-49,52-57,65-78,82H,12-23H2,1-10H3,(H,79,80)/b24-11-/t25-,26+,27+,28+,29-,30+,31-,32+,33?,34-,35-,36-,37-,38-,39-,40+,41-,42+,43+,44-,45-,46-,47+,48+,49+,52-,53-,54-,55-,56+,57?,60-,61+,62-,63-,64+/m0/s1. The van der Waals surface area contributed by atoms with E-state index < -0.39 is 236 Å². The summed E-state index contributed by atoms with van der Waals surface area (Å²) in [6, 6.07) is 0. The lowest BCUT2D eigenvalue weighted by molar-refractivity contribution is -0.411. The van der Waals surface area contributed by atoms with Crippen molar-refractivity contribution in [2.45, 2.75) is 305 Å². The van der Waals surface area contributed by atoms with Crippen LogP contribution in [0, 0.1) is 50.2 Å². The Morgan fingerprint density at radius 1 is 0.543 bits per heavy atom. The number of hydrogen-bond acceptors (Lipinski definition) is 29. The highest BCUT2D eigenvalue weighted by molar-refractivity contribution is 5.87. The fourth-order valence-electron chi connectivity index (χ4n) is 19.9. The van der Waals surface area contributed by atoms with Crippen LogP contribution in [-0.4, -0.2) is 291 Å². The quantitative estimate of drug-likeness (QED) is 0.0442. The Kier molecular flexibility index (Phi) is 20.3. The molecule has 11 rings (SSSR count). The first-order valence-electron chi connectivity index (χ1n) is 33.3. The molecule has 36 atom stereocenters. The van der Waals surface area contributed by atoms with E-state index in [4.69, 9.17) is 56.8 Å². The van der Waals surface area contributed by atoms with Gasteiger partial charge in [0.1, 0.15) is 110 Å². The van der Waals surface area contributed by atoms with Crippen molar-refractivity contribution in [3.8, 4) is 0 Å². The molecule has 5 saturated carbocycles. The maximum atomic E-state index is 13.6. The minimum absolute atomic E-state index is 0.00972. The number of carboxylic acids is 1. The summed E-state index contributed by atoms with van der Waals surface area (Å²) in [6.45, 7) is 17.3. The SMILES string of the molecule is C/C=C(/C)C(=O)O[C@H]1CC(C)(C)C[C@@H]2[C@]13C(O)O[C@@]21CC[C@@H]2[C@@]4(C)CCC(O[C@@H]5O[C@H](C(=O)O)[C@@H](O)[C@H](O[C@@H]6O[C@H](CO)[C@H](O)[C@H](O)[C@H]6O[C@@H]6O[C@@H](C)[C@H](O)[C@@H](O)[C@H]6O[C@@H]6OC[C@@H](O)[C@H](O)[C@H]6O)[C@H]5O[C@@H]5O[C@H](CO)[C@H](O)[C@H](O)[C@H]5O)C(C)(C)[C@@H]4CC[C@@]2(C)[C@]1(C)C[C@H]3O. The molecule has 6 aliphatic heterocycles. The van der Waals surface area contributed by atoms with Crippen molar-refractivity contribution in [3.63, 3.8) is 0 Å². The lowest BCUT2D eigenvalue weighted by Gasteiger charge is -2.75. The Bertz CT molecular complexity index is 2740. The smallest absolute Gasteiger partial charge is 0.335 e. The predicted octanol–water partition coefficient (Wildman–Crippen LogP) is -2.96. The second-order valence-corrected chi connectivity index (χ2v) is 31.0. The summed E-state index contributed by atoms with van der Waals surface area (Å²) in [5.41, 5.74) is -4.71. The van der Waals surface area contributed by atoms with Gasteiger partial charge in [-0.15, -0.1) is 0 Å². The first-order valence-corrected chi connectivity index (χ1v) is 33.3. The highest BCUT2D eigenvalue weighted by Gasteiger charge is 2.84. The van der Waals surface area contributed by atoms with Gasteiger partial charge < -0.3 is 139 Å². The van der Waals surface area contributed by atoms with Crippen LogP contribution in [0.25, 0.3) is 0 Å². The average molecular weight is 1350 g/mol. The van der Waals surface area contributed by atoms with E-state index >= 15 is 0 Å². The average Bonchev–Trinajstić information content (AvgIpc) is 1.39. The van der Waals surface area contributed by atoms with E-state index in [-0.39, 0.29) is 29.6 Å². The summed E-state index contributed by atoms with van der Waals surface area (Å²) in [5.74, 6) is -2.82. The van der Waals surface area contributed by atoms with E-state index in [9.17, 15) is 91.3 Å². The first kappa shape index (κ1) is 72.9. The minimum atomic E-state index is -2.34. The monoisotopic (exact) mass is 1350 g/mol. The van der Waals surface area contributed by atoms with Crippen LogP contribution in [-0.2, 0) is 66.4 Å². The van der Waals surface area contributed by atoms with E-state index in [2.05, 4.69) is 34.6 Å². The van der Waals surface area contributed by atoms with Crippen LogP contribution in [0.2, 0.25) is 0 Å². The number of aliphatic hydroxyl groups excluding tert-OH is 15. The highest BCUT2D eigenvalue weighted by atomic mass is 16.8. The van der Waals surface area contributed by atoms with Crippen molar-refractivity contribution >= 4 is 11.9 Å². The van der Waals surface area contributed by atoms with Gasteiger partial charge in [-0.3, -0.25) is 0 Å². The third-order valence-electron chi connectivity index (χ3n) is 25.3. The van der Waals surface area contributed by atoms with Crippen molar-refractivity contribution < 1.29 is 148 Å². The van der Waals surface area contributed by atoms with E-state index in [0.717, 1.165) is 0 Å². The normalized spacial score (nSPS) is 54.7. The third-order valence-corrected chi connectivity index (χ3v) is 25.3. The number of carbonyl (C=O) groups is 2. The van der Waals surface area contributed by atoms with Crippen molar-refractivity contribution in [1.82, 2.24) is 0 Å². The van der Waals surface area contributed by atoms with Gasteiger partial charge in [-0.25, -0.2) is 9.59 Å². The Labute approximate surface area is 544 Å². The fraction of sp³-hybridized carbons (Fsp3) is 0.938. The van der Waals surface area contributed by atoms with Crippen LogP contribution in [0.5, 0.6) is 0 Å². The molecule has 0 aromatic rings. The van der Waals surface area contributed by atoms with Gasteiger partial charge >= 0.3 is 11.9 Å². The molecule has 16 N–H and O–H groups in total. The number of hydrogen-bond donors (Lipinski definition) is 16. The zero-order chi connectivity index (χ0) is 68.8. The van der Waals surface area contributed by atoms with Crippen LogP contribution in [0.4, 0.5) is 0 Å². The Morgan fingerprint density at radius 3 is 1.74 bits per heavy atom. The molecule has 11 fully saturated rings. The van der Waals surface area contributed by atoms with Gasteiger partial charge in [-0.2, -0.15) is 0 Å². The molecule has 538 valence electrons. The largest absolute Gasteiger partial charge is 0.479 e. The molecule has 5 aliphatic carbocycles. The van der Waals surface area contributed by atoms with Crippen molar-refractivity contribution in [1.29, 1.82) is 0 Å². The minimum Gasteiger partial charge on any atom is -0.479 e. The number of fused-ring (bicyclic) bond motifs is 4. The number of carboxylic acid groups (broad SMARTS) is 1. The molecule has 2 unspecified atom stereocenters. The molecule has 1 spiro atoms. The molecular weight excluding hydrogens is 1250 g/mol. The van der Waals surface area contributed by atoms with E-state index in [0.29, 0.717) is 56.9 Å². The molecule has 11 aliphatic rings. The Balaban J connectivity index is 0.909. The molecule has 30 heteroatoms. The van der Waals surface area contributed by atoms with E-state index in [1.54, 1.807) is 19.9 Å². The van der Waals surface area contributed by atoms with Crippen molar-refractivity contribution in [2.24, 2.45) is 50.2 Å². The molecule has 0 radical (unpaired) electrons. The molecule has 2 bridgehead atoms. The first-order chi connectivity index (χ1) is 43.9. The van der Waals surface area contributed by atoms with Gasteiger partial charge in [0.05, 0.1) is 49.1 Å². The van der Waals surface area contributed by atoms with Gasteiger partial charge in [0.25, 0.3) is 0 Å². The Hall–Kier alpha value is -2.36. The highest BCUT2D eigenvalue weighted by Crippen LogP contribution is 2.81. The number of aliphatic carboxylic acids is 1. The van der Waals surface area contributed by atoms with Gasteiger partial charge in [0.2, 0.25) is 0 Å². The summed E-state index contributed by atoms with van der Waals surface area (Å²) in [7, 11) is 0. The predicted molar refractivity (Wildman–Crippen MR) is 314 cm³/mol. The lowest BCUT2D eigenvalue weighted by Crippen LogP contribution is -2.75. The third kappa shape index (κ3) is 11.4. The second kappa shape index (κ2) is 26.2. The molecule has 94 heavy (non-hydrogen) atoms. The molecule has 6 saturated heterocycles. The Morgan fingerprint density at radius 2 is 1.11 bits per heavy atom. The number of esters is 1. The van der Waals surface area contributed by atoms with Crippen molar-refractivity contribution in [3.05, 3.63) is 11.6 Å². The number of carbonyl (C=O) groups excluding carboxylic acids is 1. The summed E-state index contributed by atoms with van der Waals surface area (Å²) in [4.78, 5) is 27.0. The van der Waals surface area contributed by atoms with E-state index in [1.807, 2.05) is 13.8 Å². The molecule has 0 amide bonds. The number of allylic oxidation sites excluding steroid dienone is 1. The number of rotatable bonds is 15. The molecule has 0 aromatic heterocycles. The summed E-state index contributed by atoms with van der Waals surface area (Å²) < 4.78 is 74.9. The molecular formula is C64H102O30. The van der Waals surface area contributed by atoms with Crippen LogP contribution < -0.4 is 0 Å². The molecule has 30 nitrogen and oxygen atoms in total. The van der Waals surface area contributed by atoms with Gasteiger partial charge in [0, 0.05) is 16.9 Å². The number of ether oxygens (including phenoxy) is 12. The van der Waals surface area contributed by atoms with Gasteiger partial charge in [0.15, 0.2) is 43.8 Å². The molecule has 0 aromatic carbocycles. The zero-order valence-electron chi connectivity index (χ0n) is 54.8. The lowest BCUT2D eigenvalue weighted by atomic mass is 9.30. The van der Waals surface area contributed by atoms with Crippen LogP contribution in [0.3, 0.4) is 0 Å². The van der Waals surface area contributed by atoms with Crippen LogP contribution >= 0.6 is 0 Å². The van der Waals surface area contributed by atoms with Crippen LogP contribution in [0.15, 0.2) is 11.6 Å². The maximum Gasteiger partial charge on any atom is 0.335 e. The van der Waals surface area contributed by atoms with E-state index in [1.165, 1.54) is 6.92 Å².